The molecule has 142 valence electrons. The lowest BCUT2D eigenvalue weighted by molar-refractivity contribution is -0.182. The van der Waals surface area contributed by atoms with Crippen LogP contribution in [0.3, 0.4) is 0 Å². The summed E-state index contributed by atoms with van der Waals surface area (Å²) < 4.78 is 66.7. The summed E-state index contributed by atoms with van der Waals surface area (Å²) in [7, 11) is -3.98. The summed E-state index contributed by atoms with van der Waals surface area (Å²) in [6.07, 6.45) is -2.74. The highest BCUT2D eigenvalue weighted by atomic mass is 32.2. The number of aryl methyl sites for hydroxylation is 1. The van der Waals surface area contributed by atoms with Crippen molar-refractivity contribution in [3.63, 3.8) is 0 Å². The highest BCUT2D eigenvalue weighted by molar-refractivity contribution is 7.89. The van der Waals surface area contributed by atoms with Crippen LogP contribution in [0.25, 0.3) is 0 Å². The van der Waals surface area contributed by atoms with Crippen LogP contribution in [-0.2, 0) is 16.4 Å². The number of sulfonamides is 1. The van der Waals surface area contributed by atoms with E-state index in [9.17, 15) is 21.6 Å². The van der Waals surface area contributed by atoms with Gasteiger partial charge in [-0.3, -0.25) is 4.90 Å². The highest BCUT2D eigenvalue weighted by Crippen LogP contribution is 2.25. The zero-order valence-corrected chi connectivity index (χ0v) is 15.0. The van der Waals surface area contributed by atoms with Gasteiger partial charge in [0.1, 0.15) is 6.04 Å². The van der Waals surface area contributed by atoms with Gasteiger partial charge in [-0.1, -0.05) is 25.5 Å². The molecule has 1 fully saturated rings. The number of benzene rings is 1. The van der Waals surface area contributed by atoms with Crippen LogP contribution in [0.4, 0.5) is 13.2 Å². The van der Waals surface area contributed by atoms with E-state index in [-0.39, 0.29) is 18.0 Å². The summed E-state index contributed by atoms with van der Waals surface area (Å²) in [5.41, 5.74) is 0.996. The first-order valence-corrected chi connectivity index (χ1v) is 9.82. The van der Waals surface area contributed by atoms with Gasteiger partial charge in [-0.25, -0.2) is 13.1 Å². The molecule has 25 heavy (non-hydrogen) atoms. The van der Waals surface area contributed by atoms with Gasteiger partial charge in [-0.15, -0.1) is 0 Å². The van der Waals surface area contributed by atoms with Gasteiger partial charge >= 0.3 is 6.18 Å². The summed E-state index contributed by atoms with van der Waals surface area (Å²) in [5.74, 6) is 0. The third kappa shape index (κ3) is 5.67. The fourth-order valence-electron chi connectivity index (χ4n) is 2.84. The average molecular weight is 379 g/mol. The predicted molar refractivity (Wildman–Crippen MR) is 89.9 cm³/mol. The number of rotatable bonds is 7. The molecule has 1 unspecified atom stereocenters. The molecule has 1 aliphatic heterocycles. The fourth-order valence-corrected chi connectivity index (χ4v) is 3.88. The van der Waals surface area contributed by atoms with Crippen LogP contribution >= 0.6 is 0 Å². The lowest BCUT2D eigenvalue weighted by Crippen LogP contribution is -2.57. The molecule has 0 saturated carbocycles. The van der Waals surface area contributed by atoms with Crippen molar-refractivity contribution in [2.24, 2.45) is 0 Å². The van der Waals surface area contributed by atoms with Gasteiger partial charge in [-0.2, -0.15) is 13.2 Å². The molecule has 0 bridgehead atoms. The number of nitrogens with one attached hydrogen (secondary N) is 2. The molecule has 1 aromatic rings. The van der Waals surface area contributed by atoms with Gasteiger partial charge < -0.3 is 5.32 Å². The lowest BCUT2D eigenvalue weighted by atomic mass is 10.1. The van der Waals surface area contributed by atoms with E-state index in [2.05, 4.69) is 10.0 Å². The van der Waals surface area contributed by atoms with E-state index in [1.54, 1.807) is 12.1 Å². The van der Waals surface area contributed by atoms with E-state index in [4.69, 9.17) is 0 Å². The summed E-state index contributed by atoms with van der Waals surface area (Å²) in [6.45, 7) is 2.70. The van der Waals surface area contributed by atoms with E-state index in [1.807, 2.05) is 6.92 Å². The Morgan fingerprint density at radius 3 is 2.32 bits per heavy atom. The Kier molecular flexibility index (Phi) is 6.84. The van der Waals surface area contributed by atoms with E-state index in [1.165, 1.54) is 17.0 Å². The molecule has 0 aliphatic carbocycles. The number of hydrogen-bond acceptors (Lipinski definition) is 4. The fraction of sp³-hybridized carbons (Fsp3) is 0.625. The quantitative estimate of drug-likeness (QED) is 0.758. The first-order chi connectivity index (χ1) is 11.7. The van der Waals surface area contributed by atoms with Crippen LogP contribution in [0.1, 0.15) is 18.9 Å². The first-order valence-electron chi connectivity index (χ1n) is 8.34. The molecule has 0 aromatic heterocycles. The zero-order chi connectivity index (χ0) is 18.5. The van der Waals surface area contributed by atoms with Crippen LogP contribution in [0.15, 0.2) is 29.2 Å². The molecule has 1 atom stereocenters. The third-order valence-electron chi connectivity index (χ3n) is 4.21. The Morgan fingerprint density at radius 1 is 1.20 bits per heavy atom. The van der Waals surface area contributed by atoms with Crippen molar-refractivity contribution in [1.29, 1.82) is 0 Å². The molecule has 0 spiro atoms. The molecule has 1 aliphatic rings. The van der Waals surface area contributed by atoms with E-state index in [0.29, 0.717) is 13.1 Å². The number of halogens is 3. The van der Waals surface area contributed by atoms with Crippen LogP contribution in [0, 0.1) is 0 Å². The molecule has 2 N–H and O–H groups in total. The standard InChI is InChI=1S/C16H24F3N3O2S/c1-2-3-13-4-6-14(7-5-13)25(23,24)21-12-15(16(17,18)19)22-10-8-20-9-11-22/h4-7,15,20-21H,2-3,8-12H2,1H3. The van der Waals surface area contributed by atoms with E-state index in [0.717, 1.165) is 18.4 Å². The molecule has 1 saturated heterocycles. The molecule has 2 rings (SSSR count). The maximum atomic E-state index is 13.3. The maximum absolute atomic E-state index is 13.3. The largest absolute Gasteiger partial charge is 0.405 e. The molecule has 5 nitrogen and oxygen atoms in total. The van der Waals surface area contributed by atoms with Crippen LogP contribution in [0.2, 0.25) is 0 Å². The molecule has 1 aromatic carbocycles. The van der Waals surface area contributed by atoms with Gasteiger partial charge in [0.15, 0.2) is 0 Å². The Hall–Kier alpha value is -1.16. The minimum Gasteiger partial charge on any atom is -0.314 e. The van der Waals surface area contributed by atoms with Crippen molar-refractivity contribution in [1.82, 2.24) is 14.9 Å². The summed E-state index contributed by atoms with van der Waals surface area (Å²) in [4.78, 5) is 1.25. The molecular formula is C16H24F3N3O2S. The van der Waals surface area contributed by atoms with Crippen molar-refractivity contribution < 1.29 is 21.6 Å². The number of piperazine rings is 1. The minimum atomic E-state index is -4.50. The van der Waals surface area contributed by atoms with Crippen molar-refractivity contribution in [3.8, 4) is 0 Å². The Bertz CT molecular complexity index is 642. The smallest absolute Gasteiger partial charge is 0.314 e. The number of nitrogens with zero attached hydrogens (tertiary/aromatic N) is 1. The van der Waals surface area contributed by atoms with Gasteiger partial charge in [-0.05, 0) is 24.1 Å². The topological polar surface area (TPSA) is 61.4 Å². The highest BCUT2D eigenvalue weighted by Gasteiger charge is 2.44. The van der Waals surface area contributed by atoms with E-state index >= 15 is 0 Å². The molecule has 1 heterocycles. The zero-order valence-electron chi connectivity index (χ0n) is 14.1. The number of alkyl halides is 3. The Morgan fingerprint density at radius 2 is 1.80 bits per heavy atom. The normalized spacial score (nSPS) is 18.2. The van der Waals surface area contributed by atoms with Crippen molar-refractivity contribution in [3.05, 3.63) is 29.8 Å². The molecular weight excluding hydrogens is 355 g/mol. The van der Waals surface area contributed by atoms with E-state index < -0.39 is 28.8 Å². The van der Waals surface area contributed by atoms with Gasteiger partial charge in [0.05, 0.1) is 4.90 Å². The minimum absolute atomic E-state index is 0.0198. The Labute approximate surface area is 146 Å². The summed E-state index contributed by atoms with van der Waals surface area (Å²) >= 11 is 0. The maximum Gasteiger partial charge on any atom is 0.405 e. The van der Waals surface area contributed by atoms with Crippen LogP contribution < -0.4 is 10.0 Å². The summed E-state index contributed by atoms with van der Waals surface area (Å²) in [6, 6.07) is 4.41. The third-order valence-corrected chi connectivity index (χ3v) is 5.65. The molecule has 9 heteroatoms. The second-order valence-corrected chi connectivity index (χ2v) is 7.86. The van der Waals surface area contributed by atoms with Gasteiger partial charge in [0.2, 0.25) is 10.0 Å². The number of hydrogen-bond donors (Lipinski definition) is 2. The second-order valence-electron chi connectivity index (χ2n) is 6.09. The van der Waals surface area contributed by atoms with Crippen molar-refractivity contribution >= 4 is 10.0 Å². The monoisotopic (exact) mass is 379 g/mol. The lowest BCUT2D eigenvalue weighted by Gasteiger charge is -2.35. The van der Waals surface area contributed by atoms with Crippen LogP contribution in [0.5, 0.6) is 0 Å². The first kappa shape index (κ1) is 20.2. The van der Waals surface area contributed by atoms with Crippen molar-refractivity contribution in [2.75, 3.05) is 32.7 Å². The summed E-state index contributed by atoms with van der Waals surface area (Å²) in [5, 5.41) is 2.99. The average Bonchev–Trinajstić information content (AvgIpc) is 2.55. The van der Waals surface area contributed by atoms with Gasteiger partial charge in [0.25, 0.3) is 0 Å². The van der Waals surface area contributed by atoms with Crippen LogP contribution in [-0.4, -0.2) is 58.3 Å². The Balaban J connectivity index is 2.07. The SMILES string of the molecule is CCCc1ccc(S(=O)(=O)NCC(N2CCNCC2)C(F)(F)F)cc1. The molecule has 0 amide bonds. The predicted octanol–water partition coefficient (Wildman–Crippen LogP) is 1.75. The molecule has 0 radical (unpaired) electrons. The van der Waals surface area contributed by atoms with Gasteiger partial charge in [0, 0.05) is 32.7 Å². The van der Waals surface area contributed by atoms with Crippen molar-refractivity contribution in [2.45, 2.75) is 36.9 Å². The second kappa shape index (κ2) is 8.48.